The minimum Gasteiger partial charge on any atom is -0.329 e. The van der Waals surface area contributed by atoms with E-state index in [1.54, 1.807) is 24.3 Å². The summed E-state index contributed by atoms with van der Waals surface area (Å²) in [6, 6.07) is 9.37. The number of nitrogens with two attached hydrogens (primary N) is 1. The zero-order valence-electron chi connectivity index (χ0n) is 10.8. The van der Waals surface area contributed by atoms with Crippen molar-refractivity contribution in [3.05, 3.63) is 29.8 Å². The molecule has 1 aliphatic heterocycles. The highest BCUT2D eigenvalue weighted by molar-refractivity contribution is 5.93. The molecule has 0 aromatic heterocycles. The highest BCUT2D eigenvalue weighted by atomic mass is 16.2. The molecule has 0 saturated carbocycles. The topological polar surface area (TPSA) is 82.2 Å². The number of hydrogen-bond donors (Lipinski definition) is 2. The molecule has 5 heteroatoms. The standard InChI is InChI=1S/C14H18N4O/c15-8-11-4-1-2-6-13(11)17-14(19)10-18-7-3-5-12(18)9-16/h1-2,4,6,12H,3,5,7,9-10,16H2,(H,17,19). The maximum Gasteiger partial charge on any atom is 0.238 e. The predicted molar refractivity (Wildman–Crippen MR) is 73.4 cm³/mol. The summed E-state index contributed by atoms with van der Waals surface area (Å²) in [7, 11) is 0. The van der Waals surface area contributed by atoms with Crippen LogP contribution in [0, 0.1) is 11.3 Å². The molecule has 2 rings (SSSR count). The number of carbonyl (C=O) groups excluding carboxylic acids is 1. The molecule has 0 aliphatic carbocycles. The van der Waals surface area contributed by atoms with Gasteiger partial charge in [0.15, 0.2) is 0 Å². The molecule has 5 nitrogen and oxygen atoms in total. The van der Waals surface area contributed by atoms with E-state index in [2.05, 4.69) is 16.3 Å². The SMILES string of the molecule is N#Cc1ccccc1NC(=O)CN1CCCC1CN. The molecule has 0 radical (unpaired) electrons. The van der Waals surface area contributed by atoms with Gasteiger partial charge in [-0.05, 0) is 31.5 Å². The van der Waals surface area contributed by atoms with Crippen LogP contribution in [-0.4, -0.2) is 36.5 Å². The monoisotopic (exact) mass is 258 g/mol. The van der Waals surface area contributed by atoms with Gasteiger partial charge >= 0.3 is 0 Å². The van der Waals surface area contributed by atoms with Gasteiger partial charge < -0.3 is 11.1 Å². The second kappa shape index (κ2) is 6.32. The van der Waals surface area contributed by atoms with E-state index < -0.39 is 0 Å². The summed E-state index contributed by atoms with van der Waals surface area (Å²) < 4.78 is 0. The summed E-state index contributed by atoms with van der Waals surface area (Å²) in [5.41, 5.74) is 6.73. The van der Waals surface area contributed by atoms with Crippen molar-refractivity contribution >= 4 is 11.6 Å². The Balaban J connectivity index is 1.96. The van der Waals surface area contributed by atoms with E-state index >= 15 is 0 Å². The third-order valence-electron chi connectivity index (χ3n) is 3.44. The van der Waals surface area contributed by atoms with Gasteiger partial charge in [-0.25, -0.2) is 0 Å². The van der Waals surface area contributed by atoms with Crippen LogP contribution in [0.3, 0.4) is 0 Å². The van der Waals surface area contributed by atoms with Crippen molar-refractivity contribution in [1.82, 2.24) is 4.90 Å². The molecule has 1 unspecified atom stereocenters. The Morgan fingerprint density at radius 1 is 1.53 bits per heavy atom. The highest BCUT2D eigenvalue weighted by Gasteiger charge is 2.24. The van der Waals surface area contributed by atoms with Crippen molar-refractivity contribution in [2.45, 2.75) is 18.9 Å². The molecule has 1 atom stereocenters. The normalized spacial score (nSPS) is 19.1. The lowest BCUT2D eigenvalue weighted by Gasteiger charge is -2.22. The van der Waals surface area contributed by atoms with Crippen LogP contribution in [-0.2, 0) is 4.79 Å². The molecule has 100 valence electrons. The number of hydrogen-bond acceptors (Lipinski definition) is 4. The molecule has 1 aromatic rings. The fourth-order valence-electron chi connectivity index (χ4n) is 2.43. The van der Waals surface area contributed by atoms with Crippen LogP contribution < -0.4 is 11.1 Å². The fraction of sp³-hybridized carbons (Fsp3) is 0.429. The molecule has 19 heavy (non-hydrogen) atoms. The average molecular weight is 258 g/mol. The summed E-state index contributed by atoms with van der Waals surface area (Å²) in [5, 5.41) is 11.8. The summed E-state index contributed by atoms with van der Waals surface area (Å²) in [6.45, 7) is 1.83. The van der Waals surface area contributed by atoms with Crippen molar-refractivity contribution in [1.29, 1.82) is 5.26 Å². The number of likely N-dealkylation sites (tertiary alicyclic amines) is 1. The minimum absolute atomic E-state index is 0.0944. The number of nitriles is 1. The smallest absolute Gasteiger partial charge is 0.238 e. The highest BCUT2D eigenvalue weighted by Crippen LogP contribution is 2.17. The van der Waals surface area contributed by atoms with Gasteiger partial charge in [0.05, 0.1) is 17.8 Å². The molecule has 0 spiro atoms. The van der Waals surface area contributed by atoms with E-state index in [-0.39, 0.29) is 5.91 Å². The van der Waals surface area contributed by atoms with Crippen LogP contribution in [0.5, 0.6) is 0 Å². The minimum atomic E-state index is -0.0944. The van der Waals surface area contributed by atoms with E-state index in [0.717, 1.165) is 19.4 Å². The molecular weight excluding hydrogens is 240 g/mol. The first-order valence-corrected chi connectivity index (χ1v) is 6.47. The number of benzene rings is 1. The Hall–Kier alpha value is -1.90. The van der Waals surface area contributed by atoms with Gasteiger partial charge in [-0.15, -0.1) is 0 Å². The number of carbonyl (C=O) groups is 1. The van der Waals surface area contributed by atoms with Crippen molar-refractivity contribution in [3.8, 4) is 6.07 Å². The van der Waals surface area contributed by atoms with Crippen LogP contribution in [0.25, 0.3) is 0 Å². The molecule has 1 aromatic carbocycles. The Kier molecular flexibility index (Phi) is 4.50. The molecule has 3 N–H and O–H groups in total. The molecule has 1 heterocycles. The number of nitrogens with one attached hydrogen (secondary N) is 1. The van der Waals surface area contributed by atoms with Gasteiger partial charge in [-0.2, -0.15) is 5.26 Å². The summed E-state index contributed by atoms with van der Waals surface area (Å²) in [6.07, 6.45) is 2.14. The van der Waals surface area contributed by atoms with Gasteiger partial charge in [0.2, 0.25) is 5.91 Å². The predicted octanol–water partition coefficient (Wildman–Crippen LogP) is 0.920. The largest absolute Gasteiger partial charge is 0.329 e. The molecule has 0 bridgehead atoms. The third-order valence-corrected chi connectivity index (χ3v) is 3.44. The van der Waals surface area contributed by atoms with Gasteiger partial charge in [0, 0.05) is 12.6 Å². The Bertz CT molecular complexity index is 494. The lowest BCUT2D eigenvalue weighted by atomic mass is 10.2. The van der Waals surface area contributed by atoms with Gasteiger partial charge in [0.1, 0.15) is 6.07 Å². The Labute approximate surface area is 113 Å². The maximum atomic E-state index is 12.0. The lowest BCUT2D eigenvalue weighted by molar-refractivity contribution is -0.117. The van der Waals surface area contributed by atoms with Gasteiger partial charge in [-0.3, -0.25) is 9.69 Å². The first-order chi connectivity index (χ1) is 9.24. The Morgan fingerprint density at radius 3 is 3.05 bits per heavy atom. The summed E-state index contributed by atoms with van der Waals surface area (Å²) >= 11 is 0. The summed E-state index contributed by atoms with van der Waals surface area (Å²) in [4.78, 5) is 14.1. The number of amides is 1. The second-order valence-electron chi connectivity index (χ2n) is 4.71. The number of anilines is 1. The quantitative estimate of drug-likeness (QED) is 0.841. The van der Waals surface area contributed by atoms with Crippen LogP contribution >= 0.6 is 0 Å². The van der Waals surface area contributed by atoms with Crippen molar-refractivity contribution in [3.63, 3.8) is 0 Å². The average Bonchev–Trinajstić information content (AvgIpc) is 2.86. The lowest BCUT2D eigenvalue weighted by Crippen LogP contribution is -2.40. The van der Waals surface area contributed by atoms with E-state index in [0.29, 0.717) is 30.4 Å². The van der Waals surface area contributed by atoms with Gasteiger partial charge in [0.25, 0.3) is 0 Å². The van der Waals surface area contributed by atoms with Crippen LogP contribution in [0.2, 0.25) is 0 Å². The maximum absolute atomic E-state index is 12.0. The van der Waals surface area contributed by atoms with E-state index in [9.17, 15) is 4.79 Å². The third kappa shape index (κ3) is 3.31. The van der Waals surface area contributed by atoms with E-state index in [1.165, 1.54) is 0 Å². The van der Waals surface area contributed by atoms with Crippen molar-refractivity contribution in [2.24, 2.45) is 5.73 Å². The molecular formula is C14H18N4O. The van der Waals surface area contributed by atoms with E-state index in [4.69, 9.17) is 11.0 Å². The van der Waals surface area contributed by atoms with Crippen LogP contribution in [0.1, 0.15) is 18.4 Å². The molecule has 1 saturated heterocycles. The molecule has 1 fully saturated rings. The van der Waals surface area contributed by atoms with Crippen LogP contribution in [0.4, 0.5) is 5.69 Å². The van der Waals surface area contributed by atoms with Crippen molar-refractivity contribution < 1.29 is 4.79 Å². The number of nitrogens with zero attached hydrogens (tertiary/aromatic N) is 2. The first kappa shape index (κ1) is 13.5. The molecule has 1 aliphatic rings. The van der Waals surface area contributed by atoms with Crippen molar-refractivity contribution in [2.75, 3.05) is 25.0 Å². The van der Waals surface area contributed by atoms with E-state index in [1.807, 2.05) is 0 Å². The van der Waals surface area contributed by atoms with Gasteiger partial charge in [-0.1, -0.05) is 12.1 Å². The Morgan fingerprint density at radius 2 is 2.32 bits per heavy atom. The number of para-hydroxylation sites is 1. The second-order valence-corrected chi connectivity index (χ2v) is 4.71. The summed E-state index contributed by atoms with van der Waals surface area (Å²) in [5.74, 6) is -0.0944. The first-order valence-electron chi connectivity index (χ1n) is 6.47. The fourth-order valence-corrected chi connectivity index (χ4v) is 2.43. The zero-order valence-corrected chi connectivity index (χ0v) is 10.8. The van der Waals surface area contributed by atoms with Crippen LogP contribution in [0.15, 0.2) is 24.3 Å². The molecule has 1 amide bonds. The zero-order chi connectivity index (χ0) is 13.7. The number of rotatable bonds is 4.